The van der Waals surface area contributed by atoms with Crippen molar-refractivity contribution >= 4 is 28.3 Å². The van der Waals surface area contributed by atoms with Crippen molar-refractivity contribution in [2.45, 2.75) is 12.7 Å². The van der Waals surface area contributed by atoms with E-state index in [4.69, 9.17) is 0 Å². The third-order valence-corrected chi connectivity index (χ3v) is 4.13. The molecule has 0 bridgehead atoms. The van der Waals surface area contributed by atoms with Crippen molar-refractivity contribution in [2.75, 3.05) is 24.3 Å². The molecule has 1 amide bonds. The van der Waals surface area contributed by atoms with Crippen molar-refractivity contribution in [3.8, 4) is 0 Å². The van der Waals surface area contributed by atoms with E-state index in [1.54, 1.807) is 43.3 Å². The van der Waals surface area contributed by atoms with Gasteiger partial charge in [-0.15, -0.1) is 0 Å². The van der Waals surface area contributed by atoms with Crippen molar-refractivity contribution in [2.24, 2.45) is 0 Å². The number of para-hydroxylation sites is 2. The van der Waals surface area contributed by atoms with E-state index < -0.39 is 23.2 Å². The van der Waals surface area contributed by atoms with E-state index in [1.807, 2.05) is 0 Å². The second-order valence-corrected chi connectivity index (χ2v) is 6.34. The number of benzene rings is 2. The van der Waals surface area contributed by atoms with E-state index in [0.29, 0.717) is 16.7 Å². The maximum Gasteiger partial charge on any atom is 0.416 e. The molecule has 6 nitrogen and oxygen atoms in total. The van der Waals surface area contributed by atoms with E-state index in [1.165, 1.54) is 10.6 Å². The summed E-state index contributed by atoms with van der Waals surface area (Å²) in [7, 11) is 3.30. The molecule has 1 N–H and O–H groups in total. The molecule has 1 heterocycles. The van der Waals surface area contributed by atoms with Crippen LogP contribution in [0.2, 0.25) is 0 Å². The van der Waals surface area contributed by atoms with Crippen molar-refractivity contribution in [3.05, 3.63) is 64.6 Å². The second kappa shape index (κ2) is 7.34. The molecule has 0 aliphatic rings. The summed E-state index contributed by atoms with van der Waals surface area (Å²) in [5.41, 5.74) is 0.0557. The first-order valence-electron chi connectivity index (χ1n) is 8.30. The lowest BCUT2D eigenvalue weighted by molar-refractivity contribution is -0.137. The standard InChI is InChI=1S/C19H17F3N4O2/c1-25(2)15-8-7-12(19(20,21)22)9-14(15)24-17(27)11-26-16-6-4-3-5-13(16)23-10-18(26)28/h3-10H,11H2,1-2H3,(H,24,27). The summed E-state index contributed by atoms with van der Waals surface area (Å²) in [4.78, 5) is 30.3. The first kappa shape index (κ1) is 19.4. The van der Waals surface area contributed by atoms with E-state index in [0.717, 1.165) is 18.3 Å². The molecule has 0 spiro atoms. The molecule has 2 aromatic carbocycles. The van der Waals surface area contributed by atoms with E-state index >= 15 is 0 Å². The van der Waals surface area contributed by atoms with Crippen LogP contribution in [0.25, 0.3) is 11.0 Å². The van der Waals surface area contributed by atoms with Crippen LogP contribution in [0.1, 0.15) is 5.56 Å². The van der Waals surface area contributed by atoms with Crippen LogP contribution < -0.4 is 15.8 Å². The van der Waals surface area contributed by atoms with Gasteiger partial charge in [0.2, 0.25) is 5.91 Å². The first-order valence-corrected chi connectivity index (χ1v) is 8.30. The van der Waals surface area contributed by atoms with Crippen LogP contribution in [0.3, 0.4) is 0 Å². The second-order valence-electron chi connectivity index (χ2n) is 6.34. The van der Waals surface area contributed by atoms with Gasteiger partial charge in [0.15, 0.2) is 0 Å². The van der Waals surface area contributed by atoms with Gasteiger partial charge in [-0.2, -0.15) is 13.2 Å². The number of carbonyl (C=O) groups excluding carboxylic acids is 1. The predicted octanol–water partition coefficient (Wildman–Crippen LogP) is 3.12. The molecule has 3 aromatic rings. The maximum absolute atomic E-state index is 13.0. The predicted molar refractivity (Wildman–Crippen MR) is 100 cm³/mol. The van der Waals surface area contributed by atoms with Gasteiger partial charge in [0, 0.05) is 14.1 Å². The maximum atomic E-state index is 13.0. The number of rotatable bonds is 4. The fourth-order valence-electron chi connectivity index (χ4n) is 2.81. The zero-order valence-electron chi connectivity index (χ0n) is 15.1. The number of carbonyl (C=O) groups is 1. The highest BCUT2D eigenvalue weighted by atomic mass is 19.4. The largest absolute Gasteiger partial charge is 0.416 e. The van der Waals surface area contributed by atoms with Gasteiger partial charge in [-0.1, -0.05) is 12.1 Å². The van der Waals surface area contributed by atoms with Crippen LogP contribution in [0, 0.1) is 0 Å². The summed E-state index contributed by atoms with van der Waals surface area (Å²) < 4.78 is 40.3. The quantitative estimate of drug-likeness (QED) is 0.743. The smallest absolute Gasteiger partial charge is 0.376 e. The van der Waals surface area contributed by atoms with Gasteiger partial charge in [0.05, 0.1) is 34.2 Å². The highest BCUT2D eigenvalue weighted by molar-refractivity contribution is 5.95. The third-order valence-electron chi connectivity index (χ3n) is 4.13. The summed E-state index contributed by atoms with van der Waals surface area (Å²) in [6.07, 6.45) is -3.44. The molecule has 0 saturated carbocycles. The Kier molecular flexibility index (Phi) is 5.08. The fraction of sp³-hybridized carbons (Fsp3) is 0.211. The van der Waals surface area contributed by atoms with Gasteiger partial charge >= 0.3 is 6.18 Å². The van der Waals surface area contributed by atoms with E-state index in [-0.39, 0.29) is 12.2 Å². The number of amides is 1. The average Bonchev–Trinajstić information content (AvgIpc) is 2.63. The molecule has 0 aliphatic heterocycles. The van der Waals surface area contributed by atoms with Crippen molar-refractivity contribution in [1.29, 1.82) is 0 Å². The minimum absolute atomic E-state index is 0.0104. The Balaban J connectivity index is 1.94. The minimum atomic E-state index is -4.54. The topological polar surface area (TPSA) is 67.2 Å². The lowest BCUT2D eigenvalue weighted by atomic mass is 10.1. The number of hydrogen-bond donors (Lipinski definition) is 1. The van der Waals surface area contributed by atoms with Crippen LogP contribution in [-0.2, 0) is 17.5 Å². The molecule has 146 valence electrons. The summed E-state index contributed by atoms with van der Waals surface area (Å²) in [6, 6.07) is 9.90. The fourth-order valence-corrected chi connectivity index (χ4v) is 2.81. The minimum Gasteiger partial charge on any atom is -0.376 e. The molecule has 0 saturated heterocycles. The number of fused-ring (bicyclic) bond motifs is 1. The molecule has 0 aliphatic carbocycles. The zero-order chi connectivity index (χ0) is 20.5. The zero-order valence-corrected chi connectivity index (χ0v) is 15.1. The molecule has 0 radical (unpaired) electrons. The number of nitrogens with one attached hydrogen (secondary N) is 1. The van der Waals surface area contributed by atoms with Gasteiger partial charge in [-0.05, 0) is 30.3 Å². The number of alkyl halides is 3. The van der Waals surface area contributed by atoms with Crippen LogP contribution in [-0.4, -0.2) is 29.6 Å². The first-order chi connectivity index (χ1) is 13.2. The normalized spacial score (nSPS) is 11.5. The highest BCUT2D eigenvalue weighted by Crippen LogP contribution is 2.34. The summed E-state index contributed by atoms with van der Waals surface area (Å²) in [5, 5.41) is 2.48. The number of anilines is 2. The van der Waals surface area contributed by atoms with Crippen molar-refractivity contribution in [3.63, 3.8) is 0 Å². The molecule has 0 fully saturated rings. The van der Waals surface area contributed by atoms with Gasteiger partial charge < -0.3 is 10.2 Å². The molecule has 0 unspecified atom stereocenters. The Bertz CT molecular complexity index is 1090. The summed E-state index contributed by atoms with van der Waals surface area (Å²) in [5.74, 6) is -0.624. The van der Waals surface area contributed by atoms with Crippen LogP contribution in [0.15, 0.2) is 53.5 Å². The van der Waals surface area contributed by atoms with E-state index in [9.17, 15) is 22.8 Å². The van der Waals surface area contributed by atoms with Gasteiger partial charge in [-0.3, -0.25) is 14.2 Å². The molecule has 28 heavy (non-hydrogen) atoms. The summed E-state index contributed by atoms with van der Waals surface area (Å²) in [6.45, 7) is -0.356. The Labute approximate surface area is 158 Å². The molecule has 9 heteroatoms. The lowest BCUT2D eigenvalue weighted by Gasteiger charge is -2.20. The van der Waals surface area contributed by atoms with Crippen LogP contribution in [0.5, 0.6) is 0 Å². The molecule has 0 atom stereocenters. The number of hydrogen-bond acceptors (Lipinski definition) is 4. The number of halogens is 3. The number of nitrogens with zero attached hydrogens (tertiary/aromatic N) is 3. The van der Waals surface area contributed by atoms with Crippen molar-refractivity contribution in [1.82, 2.24) is 9.55 Å². The van der Waals surface area contributed by atoms with E-state index in [2.05, 4.69) is 10.3 Å². The molecule has 1 aromatic heterocycles. The number of aromatic nitrogens is 2. The van der Waals surface area contributed by atoms with Gasteiger partial charge in [0.25, 0.3) is 5.56 Å². The molecule has 3 rings (SSSR count). The Morgan fingerprint density at radius 3 is 2.57 bits per heavy atom. The SMILES string of the molecule is CN(C)c1ccc(C(F)(F)F)cc1NC(=O)Cn1c(=O)cnc2ccccc21. The average molecular weight is 390 g/mol. The van der Waals surface area contributed by atoms with Gasteiger partial charge in [-0.25, -0.2) is 4.98 Å². The third kappa shape index (κ3) is 3.98. The lowest BCUT2D eigenvalue weighted by Crippen LogP contribution is -2.28. The molecular weight excluding hydrogens is 373 g/mol. The molecular formula is C19H17F3N4O2. The Morgan fingerprint density at radius 2 is 1.89 bits per heavy atom. The van der Waals surface area contributed by atoms with Gasteiger partial charge in [0.1, 0.15) is 6.54 Å². The summed E-state index contributed by atoms with van der Waals surface area (Å²) >= 11 is 0. The van der Waals surface area contributed by atoms with Crippen molar-refractivity contribution < 1.29 is 18.0 Å². The van der Waals surface area contributed by atoms with Crippen LogP contribution in [0.4, 0.5) is 24.5 Å². The Morgan fingerprint density at radius 1 is 1.18 bits per heavy atom. The van der Waals surface area contributed by atoms with Crippen LogP contribution >= 0.6 is 0 Å². The monoisotopic (exact) mass is 390 g/mol. The highest BCUT2D eigenvalue weighted by Gasteiger charge is 2.31. The Hall–Kier alpha value is -3.36.